The van der Waals surface area contributed by atoms with Crippen LogP contribution in [0.1, 0.15) is 47.5 Å². The van der Waals surface area contributed by atoms with Gasteiger partial charge in [-0.1, -0.05) is 13.8 Å². The summed E-state index contributed by atoms with van der Waals surface area (Å²) in [4.78, 5) is 22.8. The lowest BCUT2D eigenvalue weighted by Gasteiger charge is -2.40. The van der Waals surface area contributed by atoms with Gasteiger partial charge in [0, 0.05) is 0 Å². The first kappa shape index (κ1) is 15.8. The van der Waals surface area contributed by atoms with Gasteiger partial charge >= 0.3 is 6.09 Å². The molecule has 6 heteroatoms. The Kier molecular flexibility index (Phi) is 4.79. The van der Waals surface area contributed by atoms with E-state index in [4.69, 9.17) is 4.74 Å². The quantitative estimate of drug-likeness (QED) is 0.605. The zero-order valence-corrected chi connectivity index (χ0v) is 12.3. The Hall–Kier alpha value is -1.30. The molecule has 1 heterocycles. The molecule has 1 fully saturated rings. The predicted octanol–water partition coefficient (Wildman–Crippen LogP) is 1.92. The Labute approximate surface area is 114 Å². The van der Waals surface area contributed by atoms with E-state index in [9.17, 15) is 14.8 Å². The van der Waals surface area contributed by atoms with E-state index in [1.807, 2.05) is 13.8 Å². The maximum Gasteiger partial charge on any atom is 0.407 e. The molecule has 0 radical (unpaired) electrons. The molecule has 2 atom stereocenters. The second kappa shape index (κ2) is 5.77. The second-order valence-electron chi connectivity index (χ2n) is 6.39. The largest absolute Gasteiger partial charge is 0.444 e. The normalized spacial score (nSPS) is 21.1. The Balaban J connectivity index is 2.60. The summed E-state index contributed by atoms with van der Waals surface area (Å²) in [7, 11) is 0. The van der Waals surface area contributed by atoms with E-state index in [1.54, 1.807) is 20.8 Å². The van der Waals surface area contributed by atoms with Gasteiger partial charge in [-0.05, 0) is 33.1 Å². The van der Waals surface area contributed by atoms with Crippen molar-refractivity contribution in [1.82, 2.24) is 10.4 Å². The molecular formula is C13H24N2O4. The molecule has 1 aliphatic rings. The number of hydrogen-bond acceptors (Lipinski definition) is 4. The lowest BCUT2D eigenvalue weighted by atomic mass is 9.90. The number of carbonyl (C=O) groups is 2. The molecule has 1 saturated heterocycles. The van der Waals surface area contributed by atoms with Crippen molar-refractivity contribution in [2.75, 3.05) is 0 Å². The Bertz CT molecular complexity index is 349. The van der Waals surface area contributed by atoms with Crippen molar-refractivity contribution in [3.8, 4) is 0 Å². The molecule has 0 bridgehead atoms. The summed E-state index contributed by atoms with van der Waals surface area (Å²) in [5.74, 6) is 0.0220. The summed E-state index contributed by atoms with van der Waals surface area (Å²) in [6.45, 7) is 9.40. The number of ether oxygens (including phenoxy) is 1. The van der Waals surface area contributed by atoms with E-state index in [1.165, 1.54) is 0 Å². The van der Waals surface area contributed by atoms with Crippen LogP contribution in [0.2, 0.25) is 0 Å². The molecule has 2 N–H and O–H groups in total. The van der Waals surface area contributed by atoms with Crippen molar-refractivity contribution < 1.29 is 19.5 Å². The molecule has 19 heavy (non-hydrogen) atoms. The van der Waals surface area contributed by atoms with Gasteiger partial charge in [-0.3, -0.25) is 10.0 Å². The highest BCUT2D eigenvalue weighted by atomic mass is 16.6. The van der Waals surface area contributed by atoms with Crippen molar-refractivity contribution >= 4 is 12.0 Å². The van der Waals surface area contributed by atoms with Crippen molar-refractivity contribution in [3.63, 3.8) is 0 Å². The predicted molar refractivity (Wildman–Crippen MR) is 69.7 cm³/mol. The number of amides is 2. The van der Waals surface area contributed by atoms with Gasteiger partial charge in [-0.25, -0.2) is 9.86 Å². The summed E-state index contributed by atoms with van der Waals surface area (Å²) >= 11 is 0. The first-order chi connectivity index (χ1) is 8.60. The number of β-lactam (4-membered cyclic amide) rings is 1. The minimum atomic E-state index is -0.569. The lowest BCUT2D eigenvalue weighted by molar-refractivity contribution is -0.206. The van der Waals surface area contributed by atoms with E-state index in [0.29, 0.717) is 17.4 Å². The van der Waals surface area contributed by atoms with Crippen LogP contribution in [0.15, 0.2) is 0 Å². The number of hydrogen-bond donors (Lipinski definition) is 2. The molecule has 0 spiro atoms. The molecule has 0 aliphatic carbocycles. The zero-order valence-electron chi connectivity index (χ0n) is 12.3. The molecule has 2 amide bonds. The van der Waals surface area contributed by atoms with Crippen molar-refractivity contribution in [3.05, 3.63) is 0 Å². The van der Waals surface area contributed by atoms with Crippen LogP contribution in [0, 0.1) is 5.92 Å². The average molecular weight is 272 g/mol. The summed E-state index contributed by atoms with van der Waals surface area (Å²) in [5.41, 5.74) is -0.569. The maximum atomic E-state index is 11.8. The van der Waals surface area contributed by atoms with Gasteiger partial charge in [0.2, 0.25) is 5.91 Å². The van der Waals surface area contributed by atoms with E-state index in [-0.39, 0.29) is 24.4 Å². The highest BCUT2D eigenvalue weighted by Gasteiger charge is 2.42. The number of alkyl carbamates (subject to hydrolysis) is 1. The molecule has 6 nitrogen and oxygen atoms in total. The van der Waals surface area contributed by atoms with E-state index in [0.717, 1.165) is 0 Å². The third-order valence-electron chi connectivity index (χ3n) is 2.85. The Morgan fingerprint density at radius 2 is 2.11 bits per heavy atom. The van der Waals surface area contributed by atoms with Gasteiger partial charge in [-0.2, -0.15) is 0 Å². The van der Waals surface area contributed by atoms with Crippen LogP contribution in [-0.2, 0) is 9.53 Å². The standard InChI is InChI=1S/C13H24N2O4/c1-8(2)6-9(10-7-11(16)15(10)18)14-12(17)19-13(3,4)5/h8-10,18H,6-7H2,1-5H3,(H,14,17)/t9-,10-/m0/s1. The Morgan fingerprint density at radius 3 is 2.47 bits per heavy atom. The average Bonchev–Trinajstić information content (AvgIpc) is 2.21. The van der Waals surface area contributed by atoms with Gasteiger partial charge in [0.1, 0.15) is 5.60 Å². The molecule has 1 aliphatic heterocycles. The van der Waals surface area contributed by atoms with Crippen molar-refractivity contribution in [2.24, 2.45) is 5.92 Å². The highest BCUT2D eigenvalue weighted by Crippen LogP contribution is 2.24. The van der Waals surface area contributed by atoms with Crippen LogP contribution in [0.5, 0.6) is 0 Å². The van der Waals surface area contributed by atoms with E-state index >= 15 is 0 Å². The van der Waals surface area contributed by atoms with Crippen LogP contribution >= 0.6 is 0 Å². The fourth-order valence-electron chi connectivity index (χ4n) is 2.02. The molecule has 0 aromatic heterocycles. The number of hydroxylamine groups is 2. The van der Waals surface area contributed by atoms with Gasteiger partial charge < -0.3 is 10.1 Å². The molecule has 110 valence electrons. The van der Waals surface area contributed by atoms with Crippen LogP contribution in [0.25, 0.3) is 0 Å². The highest BCUT2D eigenvalue weighted by molar-refractivity contribution is 5.82. The molecule has 0 aromatic rings. The topological polar surface area (TPSA) is 78.9 Å². The zero-order chi connectivity index (χ0) is 14.8. The minimum Gasteiger partial charge on any atom is -0.444 e. The second-order valence-corrected chi connectivity index (χ2v) is 6.39. The van der Waals surface area contributed by atoms with Crippen molar-refractivity contribution in [2.45, 2.75) is 65.1 Å². The molecule has 0 unspecified atom stereocenters. The van der Waals surface area contributed by atoms with E-state index in [2.05, 4.69) is 5.32 Å². The van der Waals surface area contributed by atoms with E-state index < -0.39 is 11.7 Å². The fourth-order valence-corrected chi connectivity index (χ4v) is 2.02. The summed E-state index contributed by atoms with van der Waals surface area (Å²) in [6.07, 6.45) is 0.406. The first-order valence-electron chi connectivity index (χ1n) is 6.60. The van der Waals surface area contributed by atoms with Gasteiger partial charge in [0.15, 0.2) is 0 Å². The summed E-state index contributed by atoms with van der Waals surface area (Å²) in [6, 6.07) is -0.653. The monoisotopic (exact) mass is 272 g/mol. The molecular weight excluding hydrogens is 248 g/mol. The number of nitrogens with zero attached hydrogens (tertiary/aromatic N) is 1. The number of carbonyl (C=O) groups excluding carboxylic acids is 2. The lowest BCUT2D eigenvalue weighted by Crippen LogP contribution is -2.61. The first-order valence-corrected chi connectivity index (χ1v) is 6.60. The molecule has 1 rings (SSSR count). The van der Waals surface area contributed by atoms with Gasteiger partial charge in [0.05, 0.1) is 18.5 Å². The number of rotatable bonds is 4. The number of nitrogens with one attached hydrogen (secondary N) is 1. The Morgan fingerprint density at radius 1 is 1.53 bits per heavy atom. The molecule has 0 saturated carbocycles. The SMILES string of the molecule is CC(C)C[C@H](NC(=O)OC(C)(C)C)[C@@H]1CC(=O)N1O. The maximum absolute atomic E-state index is 11.8. The summed E-state index contributed by atoms with van der Waals surface area (Å²) in [5, 5.41) is 12.9. The smallest absolute Gasteiger partial charge is 0.407 e. The third kappa shape index (κ3) is 4.70. The van der Waals surface area contributed by atoms with Crippen LogP contribution in [0.4, 0.5) is 4.79 Å². The van der Waals surface area contributed by atoms with Crippen LogP contribution in [0.3, 0.4) is 0 Å². The van der Waals surface area contributed by atoms with Crippen LogP contribution < -0.4 is 5.32 Å². The summed E-state index contributed by atoms with van der Waals surface area (Å²) < 4.78 is 5.20. The minimum absolute atomic E-state index is 0.254. The van der Waals surface area contributed by atoms with Gasteiger partial charge in [-0.15, -0.1) is 0 Å². The van der Waals surface area contributed by atoms with Crippen LogP contribution in [-0.4, -0.2) is 40.0 Å². The fraction of sp³-hybridized carbons (Fsp3) is 0.846. The van der Waals surface area contributed by atoms with Gasteiger partial charge in [0.25, 0.3) is 0 Å². The molecule has 0 aromatic carbocycles. The van der Waals surface area contributed by atoms with Crippen molar-refractivity contribution in [1.29, 1.82) is 0 Å². The third-order valence-corrected chi connectivity index (χ3v) is 2.85.